The highest BCUT2D eigenvalue weighted by Gasteiger charge is 2.16. The average Bonchev–Trinajstić information content (AvgIpc) is 2.56. The first kappa shape index (κ1) is 17.1. The van der Waals surface area contributed by atoms with Gasteiger partial charge in [-0.2, -0.15) is 5.10 Å². The lowest BCUT2D eigenvalue weighted by Crippen LogP contribution is -2.17. The lowest BCUT2D eigenvalue weighted by atomic mass is 10.2. The van der Waals surface area contributed by atoms with Crippen LogP contribution in [0, 0.1) is 0 Å². The van der Waals surface area contributed by atoms with Gasteiger partial charge in [0.1, 0.15) is 10.8 Å². The predicted molar refractivity (Wildman–Crippen MR) is 88.9 cm³/mol. The second-order valence-corrected chi connectivity index (χ2v) is 5.05. The van der Waals surface area contributed by atoms with Gasteiger partial charge in [-0.05, 0) is 18.2 Å². The Hall–Kier alpha value is -2.31. The van der Waals surface area contributed by atoms with E-state index < -0.39 is 0 Å². The molecule has 1 amide bonds. The summed E-state index contributed by atoms with van der Waals surface area (Å²) in [4.78, 5) is 15.7. The minimum absolute atomic E-state index is 0.225. The fourth-order valence-electron chi connectivity index (χ4n) is 1.81. The molecule has 0 saturated carbocycles. The third-order valence-corrected chi connectivity index (χ3v) is 3.49. The van der Waals surface area contributed by atoms with Crippen molar-refractivity contribution >= 4 is 35.3 Å². The molecule has 0 bridgehead atoms. The number of carbonyl (C=O) groups is 1. The Balaban J connectivity index is 2.21. The molecule has 0 saturated heterocycles. The summed E-state index contributed by atoms with van der Waals surface area (Å²) in [6, 6.07) is 4.86. The lowest BCUT2D eigenvalue weighted by molar-refractivity contribution is 0.0955. The number of hydrogen-bond donors (Lipinski definition) is 1. The van der Waals surface area contributed by atoms with E-state index in [1.54, 1.807) is 24.4 Å². The molecule has 8 heteroatoms. The van der Waals surface area contributed by atoms with E-state index in [0.717, 1.165) is 0 Å². The number of carbonyl (C=O) groups excluding carboxylic acids is 1. The third kappa shape index (κ3) is 3.91. The van der Waals surface area contributed by atoms with E-state index in [1.165, 1.54) is 26.6 Å². The summed E-state index contributed by atoms with van der Waals surface area (Å²) in [6.07, 6.45) is 4.39. The van der Waals surface area contributed by atoms with Gasteiger partial charge < -0.3 is 9.47 Å². The number of pyridine rings is 1. The zero-order valence-corrected chi connectivity index (χ0v) is 13.9. The molecule has 23 heavy (non-hydrogen) atoms. The maximum Gasteiger partial charge on any atom is 0.272 e. The SMILES string of the molecule is COc1c(Cl)cc(/C=N\NC(=O)c2cccnc2)c(OC)c1Cl. The monoisotopic (exact) mass is 353 g/mol. The van der Waals surface area contributed by atoms with Gasteiger partial charge in [0.2, 0.25) is 0 Å². The van der Waals surface area contributed by atoms with Crippen molar-refractivity contribution in [2.45, 2.75) is 0 Å². The molecule has 0 fully saturated rings. The van der Waals surface area contributed by atoms with Crippen LogP contribution in [0.15, 0.2) is 35.7 Å². The van der Waals surface area contributed by atoms with Crippen LogP contribution in [0.1, 0.15) is 15.9 Å². The van der Waals surface area contributed by atoms with Gasteiger partial charge >= 0.3 is 0 Å². The van der Waals surface area contributed by atoms with E-state index in [9.17, 15) is 4.79 Å². The zero-order chi connectivity index (χ0) is 16.8. The number of benzene rings is 1. The number of methoxy groups -OCH3 is 2. The highest BCUT2D eigenvalue weighted by atomic mass is 35.5. The fourth-order valence-corrected chi connectivity index (χ4v) is 2.52. The largest absolute Gasteiger partial charge is 0.494 e. The van der Waals surface area contributed by atoms with Crippen molar-refractivity contribution in [3.63, 3.8) is 0 Å². The average molecular weight is 354 g/mol. The summed E-state index contributed by atoms with van der Waals surface area (Å²) >= 11 is 12.2. The third-order valence-electron chi connectivity index (χ3n) is 2.86. The van der Waals surface area contributed by atoms with Gasteiger partial charge in [0.25, 0.3) is 5.91 Å². The molecule has 6 nitrogen and oxygen atoms in total. The molecule has 0 aliphatic carbocycles. The summed E-state index contributed by atoms with van der Waals surface area (Å²) in [7, 11) is 2.91. The Morgan fingerprint density at radius 1 is 1.30 bits per heavy atom. The lowest BCUT2D eigenvalue weighted by Gasteiger charge is -2.12. The van der Waals surface area contributed by atoms with Gasteiger partial charge in [0, 0.05) is 18.0 Å². The van der Waals surface area contributed by atoms with E-state index in [4.69, 9.17) is 32.7 Å². The molecule has 2 aromatic rings. The molecule has 1 heterocycles. The second-order valence-electron chi connectivity index (χ2n) is 4.27. The first-order valence-corrected chi connectivity index (χ1v) is 7.17. The number of hydrazone groups is 1. The number of nitrogens with one attached hydrogen (secondary N) is 1. The van der Waals surface area contributed by atoms with Crippen LogP contribution in [0.25, 0.3) is 0 Å². The van der Waals surface area contributed by atoms with Crippen LogP contribution in [0.4, 0.5) is 0 Å². The number of aromatic nitrogens is 1. The molecule has 0 radical (unpaired) electrons. The quantitative estimate of drug-likeness (QED) is 0.661. The predicted octanol–water partition coefficient (Wildman–Crippen LogP) is 3.17. The number of amides is 1. The number of nitrogens with zero attached hydrogens (tertiary/aromatic N) is 2. The first-order valence-electron chi connectivity index (χ1n) is 6.42. The van der Waals surface area contributed by atoms with Gasteiger partial charge in [0.05, 0.1) is 31.0 Å². The second kappa shape index (κ2) is 7.80. The molecular weight excluding hydrogens is 341 g/mol. The highest BCUT2D eigenvalue weighted by Crippen LogP contribution is 2.41. The van der Waals surface area contributed by atoms with Crippen LogP contribution >= 0.6 is 23.2 Å². The fraction of sp³-hybridized carbons (Fsp3) is 0.133. The van der Waals surface area contributed by atoms with Crippen LogP contribution < -0.4 is 14.9 Å². The van der Waals surface area contributed by atoms with Gasteiger partial charge in [-0.25, -0.2) is 5.43 Å². The Bertz CT molecular complexity index is 736. The Labute approximate surface area is 143 Å². The van der Waals surface area contributed by atoms with E-state index in [2.05, 4.69) is 15.5 Å². The molecular formula is C15H13Cl2N3O3. The van der Waals surface area contributed by atoms with Gasteiger partial charge in [-0.3, -0.25) is 9.78 Å². The van der Waals surface area contributed by atoms with E-state index in [1.807, 2.05) is 0 Å². The summed E-state index contributed by atoms with van der Waals surface area (Å²) < 4.78 is 10.3. The van der Waals surface area contributed by atoms with Crippen molar-refractivity contribution in [2.75, 3.05) is 14.2 Å². The molecule has 1 aromatic heterocycles. The van der Waals surface area contributed by atoms with Crippen molar-refractivity contribution in [2.24, 2.45) is 5.10 Å². The molecule has 0 aliphatic heterocycles. The number of hydrogen-bond acceptors (Lipinski definition) is 5. The van der Waals surface area contributed by atoms with Crippen LogP contribution in [0.5, 0.6) is 11.5 Å². The van der Waals surface area contributed by atoms with Crippen LogP contribution in [-0.4, -0.2) is 31.3 Å². The maximum absolute atomic E-state index is 11.9. The summed E-state index contributed by atoms with van der Waals surface area (Å²) in [5.41, 5.74) is 3.27. The summed E-state index contributed by atoms with van der Waals surface area (Å²) in [5.74, 6) is 0.257. The van der Waals surface area contributed by atoms with E-state index in [0.29, 0.717) is 27.6 Å². The van der Waals surface area contributed by atoms with E-state index >= 15 is 0 Å². The van der Waals surface area contributed by atoms with Crippen molar-refractivity contribution in [3.05, 3.63) is 51.8 Å². The Kier molecular flexibility index (Phi) is 5.78. The molecule has 0 unspecified atom stereocenters. The molecule has 0 atom stereocenters. The molecule has 1 aromatic carbocycles. The Morgan fingerprint density at radius 3 is 2.65 bits per heavy atom. The van der Waals surface area contributed by atoms with E-state index in [-0.39, 0.29) is 10.9 Å². The van der Waals surface area contributed by atoms with Gasteiger partial charge in [-0.1, -0.05) is 23.2 Å². The maximum atomic E-state index is 11.9. The standard InChI is InChI=1S/C15H13Cl2N3O3/c1-22-13-10(6-11(16)14(23-2)12(13)17)8-19-20-15(21)9-4-3-5-18-7-9/h3-8H,1-2H3,(H,20,21)/b19-8-. The minimum atomic E-state index is -0.390. The molecule has 0 aliphatic rings. The summed E-state index contributed by atoms with van der Waals surface area (Å²) in [5, 5.41) is 4.40. The van der Waals surface area contributed by atoms with Crippen LogP contribution in [0.3, 0.4) is 0 Å². The van der Waals surface area contributed by atoms with Crippen molar-refractivity contribution in [3.8, 4) is 11.5 Å². The molecule has 2 rings (SSSR count). The van der Waals surface area contributed by atoms with Crippen LogP contribution in [-0.2, 0) is 0 Å². The van der Waals surface area contributed by atoms with Gasteiger partial charge in [0.15, 0.2) is 5.75 Å². The normalized spacial score (nSPS) is 10.6. The Morgan fingerprint density at radius 2 is 2.04 bits per heavy atom. The van der Waals surface area contributed by atoms with Crippen molar-refractivity contribution in [1.29, 1.82) is 0 Å². The summed E-state index contributed by atoms with van der Waals surface area (Å²) in [6.45, 7) is 0. The van der Waals surface area contributed by atoms with Crippen LogP contribution in [0.2, 0.25) is 10.0 Å². The van der Waals surface area contributed by atoms with Crippen molar-refractivity contribution < 1.29 is 14.3 Å². The first-order chi connectivity index (χ1) is 11.1. The van der Waals surface area contributed by atoms with Crippen molar-refractivity contribution in [1.82, 2.24) is 10.4 Å². The smallest absolute Gasteiger partial charge is 0.272 e. The number of rotatable bonds is 5. The minimum Gasteiger partial charge on any atom is -0.494 e. The topological polar surface area (TPSA) is 72.8 Å². The zero-order valence-electron chi connectivity index (χ0n) is 12.3. The molecule has 120 valence electrons. The highest BCUT2D eigenvalue weighted by molar-refractivity contribution is 6.38. The number of halogens is 2. The molecule has 0 spiro atoms. The van der Waals surface area contributed by atoms with Gasteiger partial charge in [-0.15, -0.1) is 0 Å². The number of ether oxygens (including phenoxy) is 2. The molecule has 1 N–H and O–H groups in total.